The van der Waals surface area contributed by atoms with Crippen LogP contribution in [0, 0.1) is 5.82 Å². The van der Waals surface area contributed by atoms with Crippen molar-refractivity contribution >= 4 is 40.5 Å². The zero-order chi connectivity index (χ0) is 14.2. The van der Waals surface area contributed by atoms with E-state index >= 15 is 0 Å². The van der Waals surface area contributed by atoms with Crippen molar-refractivity contribution in [1.82, 2.24) is 0 Å². The van der Waals surface area contributed by atoms with E-state index in [0.717, 1.165) is 0 Å². The van der Waals surface area contributed by atoms with Crippen molar-refractivity contribution in [2.45, 2.75) is 12.3 Å². The summed E-state index contributed by atoms with van der Waals surface area (Å²) in [7, 11) is 3.59. The third kappa shape index (κ3) is 2.91. The number of nitrogens with zero attached hydrogens (tertiary/aromatic N) is 1. The van der Waals surface area contributed by atoms with E-state index in [1.54, 1.807) is 37.2 Å². The van der Waals surface area contributed by atoms with E-state index in [4.69, 9.17) is 34.8 Å². The van der Waals surface area contributed by atoms with Gasteiger partial charge >= 0.3 is 0 Å². The Morgan fingerprint density at radius 2 is 1.89 bits per heavy atom. The summed E-state index contributed by atoms with van der Waals surface area (Å²) < 4.78 is 14.5. The highest BCUT2D eigenvalue weighted by molar-refractivity contribution is 6.42. The molecule has 1 aliphatic carbocycles. The maximum Gasteiger partial charge on any atom is 0.150 e. The quantitative estimate of drug-likeness (QED) is 0.724. The molecule has 0 saturated heterocycles. The highest BCUT2D eigenvalue weighted by Gasteiger charge is 2.26. The van der Waals surface area contributed by atoms with E-state index in [9.17, 15) is 4.39 Å². The Balaban J connectivity index is 2.45. The van der Waals surface area contributed by atoms with Crippen LogP contribution in [0.5, 0.6) is 0 Å². The fraction of sp³-hybridized carbons (Fsp3) is 0.286. The van der Waals surface area contributed by atoms with Crippen LogP contribution in [0.3, 0.4) is 0 Å². The summed E-state index contributed by atoms with van der Waals surface area (Å²) in [6.45, 7) is 0. The molecule has 0 spiro atoms. The Kier molecular flexibility index (Phi) is 4.44. The van der Waals surface area contributed by atoms with Crippen LogP contribution in [-0.2, 0) is 0 Å². The van der Waals surface area contributed by atoms with Gasteiger partial charge in [0, 0.05) is 30.1 Å². The van der Waals surface area contributed by atoms with Gasteiger partial charge in [0.25, 0.3) is 0 Å². The lowest BCUT2D eigenvalue weighted by Crippen LogP contribution is -2.14. The third-order valence-corrected chi connectivity index (χ3v) is 4.27. The van der Waals surface area contributed by atoms with E-state index in [1.165, 1.54) is 0 Å². The van der Waals surface area contributed by atoms with Crippen LogP contribution >= 0.6 is 34.8 Å². The smallest absolute Gasteiger partial charge is 0.150 e. The molecule has 0 heterocycles. The van der Waals surface area contributed by atoms with Crippen molar-refractivity contribution in [2.24, 2.45) is 0 Å². The average molecular weight is 321 g/mol. The second kappa shape index (κ2) is 5.74. The van der Waals surface area contributed by atoms with Crippen LogP contribution in [0.4, 0.5) is 10.1 Å². The molecule has 1 aliphatic rings. The molecule has 0 fully saturated rings. The van der Waals surface area contributed by atoms with Gasteiger partial charge in [0.2, 0.25) is 0 Å². The maximum atomic E-state index is 14.5. The summed E-state index contributed by atoms with van der Waals surface area (Å²) >= 11 is 18.1. The molecule has 1 atom stereocenters. The third-order valence-electron chi connectivity index (χ3n) is 3.11. The van der Waals surface area contributed by atoms with Crippen molar-refractivity contribution in [3.8, 4) is 0 Å². The molecule has 1 aromatic rings. The van der Waals surface area contributed by atoms with Crippen molar-refractivity contribution < 1.29 is 4.39 Å². The van der Waals surface area contributed by atoms with Gasteiger partial charge in [-0.2, -0.15) is 0 Å². The lowest BCUT2D eigenvalue weighted by Gasteiger charge is -2.23. The normalized spacial score (nSPS) is 19.5. The van der Waals surface area contributed by atoms with Gasteiger partial charge in [0.15, 0.2) is 0 Å². The predicted molar refractivity (Wildman–Crippen MR) is 80.8 cm³/mol. The first-order valence-corrected chi connectivity index (χ1v) is 6.92. The first-order valence-electron chi connectivity index (χ1n) is 5.78. The van der Waals surface area contributed by atoms with E-state index in [-0.39, 0.29) is 11.7 Å². The maximum absolute atomic E-state index is 14.5. The molecular weight excluding hydrogens is 308 g/mol. The fourth-order valence-electron chi connectivity index (χ4n) is 2.08. The summed E-state index contributed by atoms with van der Waals surface area (Å²) in [5.74, 6) is -0.553. The lowest BCUT2D eigenvalue weighted by molar-refractivity contribution is 0.596. The number of anilines is 1. The Hall–Kier alpha value is -0.700. The minimum Gasteiger partial charge on any atom is -0.375 e. The minimum absolute atomic E-state index is 0.272. The molecule has 19 heavy (non-hydrogen) atoms. The van der Waals surface area contributed by atoms with E-state index in [1.807, 2.05) is 6.07 Å². The predicted octanol–water partition coefficient (Wildman–Crippen LogP) is 5.19. The Morgan fingerprint density at radius 3 is 2.53 bits per heavy atom. The molecule has 0 aliphatic heterocycles. The molecule has 0 N–H and O–H groups in total. The Labute approximate surface area is 127 Å². The molecule has 1 nitrogen and oxygen atoms in total. The number of hydrogen-bond acceptors (Lipinski definition) is 1. The van der Waals surface area contributed by atoms with Gasteiger partial charge < -0.3 is 4.90 Å². The zero-order valence-electron chi connectivity index (χ0n) is 10.6. The van der Waals surface area contributed by atoms with Crippen LogP contribution in [0.25, 0.3) is 0 Å². The minimum atomic E-state index is -0.281. The van der Waals surface area contributed by atoms with Crippen LogP contribution in [-0.4, -0.2) is 14.1 Å². The van der Waals surface area contributed by atoms with Crippen LogP contribution < -0.4 is 4.90 Å². The van der Waals surface area contributed by atoms with Crippen molar-refractivity contribution in [1.29, 1.82) is 0 Å². The van der Waals surface area contributed by atoms with Gasteiger partial charge in [-0.1, -0.05) is 46.9 Å². The monoisotopic (exact) mass is 319 g/mol. The molecule has 1 aromatic carbocycles. The molecule has 0 bridgehead atoms. The van der Waals surface area contributed by atoms with Crippen molar-refractivity contribution in [3.05, 3.63) is 50.8 Å². The summed E-state index contributed by atoms with van der Waals surface area (Å²) in [4.78, 5) is 1.73. The van der Waals surface area contributed by atoms with E-state index < -0.39 is 0 Å². The van der Waals surface area contributed by atoms with Gasteiger partial charge in [-0.25, -0.2) is 4.39 Å². The van der Waals surface area contributed by atoms with Crippen molar-refractivity contribution in [2.75, 3.05) is 19.0 Å². The number of rotatable bonds is 2. The van der Waals surface area contributed by atoms with Gasteiger partial charge in [0.1, 0.15) is 5.82 Å². The zero-order valence-corrected chi connectivity index (χ0v) is 12.8. The summed E-state index contributed by atoms with van der Waals surface area (Å²) in [6.07, 6.45) is 2.00. The van der Waals surface area contributed by atoms with Crippen LogP contribution in [0.15, 0.2) is 39.4 Å². The van der Waals surface area contributed by atoms with E-state index in [2.05, 4.69) is 0 Å². The second-order valence-electron chi connectivity index (χ2n) is 4.61. The summed E-state index contributed by atoms with van der Waals surface area (Å²) in [6, 6.07) is 5.27. The SMILES string of the molecule is CN(C)c1cccc(C2CC(Cl)=C(Cl)C=C2Cl)c1F. The molecule has 0 aromatic heterocycles. The fourth-order valence-corrected chi connectivity index (χ4v) is 2.85. The van der Waals surface area contributed by atoms with Crippen LogP contribution in [0.1, 0.15) is 17.9 Å². The van der Waals surface area contributed by atoms with Gasteiger partial charge in [0.05, 0.1) is 10.7 Å². The highest BCUT2D eigenvalue weighted by atomic mass is 35.5. The first kappa shape index (κ1) is 14.7. The number of benzene rings is 1. The topological polar surface area (TPSA) is 3.24 Å². The molecule has 2 rings (SSSR count). The van der Waals surface area contributed by atoms with Crippen LogP contribution in [0.2, 0.25) is 0 Å². The molecular formula is C14H13Cl3FN. The number of hydrogen-bond donors (Lipinski definition) is 0. The van der Waals surface area contributed by atoms with Gasteiger partial charge in [-0.05, 0) is 24.1 Å². The lowest BCUT2D eigenvalue weighted by atomic mass is 9.91. The molecule has 0 amide bonds. The highest BCUT2D eigenvalue weighted by Crippen LogP contribution is 2.42. The average Bonchev–Trinajstić information content (AvgIpc) is 2.34. The number of allylic oxidation sites excluding steroid dienone is 4. The molecule has 5 heteroatoms. The number of halogens is 4. The summed E-state index contributed by atoms with van der Waals surface area (Å²) in [5, 5.41) is 1.43. The first-order chi connectivity index (χ1) is 8.91. The van der Waals surface area contributed by atoms with Gasteiger partial charge in [-0.15, -0.1) is 0 Å². The Bertz CT molecular complexity index is 564. The summed E-state index contributed by atoms with van der Waals surface area (Å²) in [5.41, 5.74) is 1.06. The molecule has 0 radical (unpaired) electrons. The van der Waals surface area contributed by atoms with Gasteiger partial charge in [-0.3, -0.25) is 0 Å². The Morgan fingerprint density at radius 1 is 1.21 bits per heavy atom. The largest absolute Gasteiger partial charge is 0.375 e. The molecule has 1 unspecified atom stereocenters. The van der Waals surface area contributed by atoms with Crippen molar-refractivity contribution in [3.63, 3.8) is 0 Å². The molecule has 0 saturated carbocycles. The second-order valence-corrected chi connectivity index (χ2v) is 5.91. The molecule has 102 valence electrons. The standard InChI is InChI=1S/C14H13Cl3FN/c1-19(2)13-5-3-4-8(14(13)18)9-6-11(16)12(17)7-10(9)15/h3-5,7,9H,6H2,1-2H3. The van der Waals surface area contributed by atoms with E-state index in [0.29, 0.717) is 32.8 Å².